The van der Waals surface area contributed by atoms with Gasteiger partial charge in [0.15, 0.2) is 0 Å². The summed E-state index contributed by atoms with van der Waals surface area (Å²) in [5.74, 6) is -0.871. The average Bonchev–Trinajstić information content (AvgIpc) is 2.78. The summed E-state index contributed by atoms with van der Waals surface area (Å²) >= 11 is 0. The van der Waals surface area contributed by atoms with Crippen molar-refractivity contribution in [3.63, 3.8) is 0 Å². The second-order valence-corrected chi connectivity index (χ2v) is 5.89. The Morgan fingerprint density at radius 2 is 1.17 bits per heavy atom. The van der Waals surface area contributed by atoms with Crippen molar-refractivity contribution < 1.29 is 9.59 Å². The highest BCUT2D eigenvalue weighted by molar-refractivity contribution is 5.96. The Labute approximate surface area is 168 Å². The monoisotopic (exact) mass is 388 g/mol. The number of guanidine groups is 1. The first-order valence-corrected chi connectivity index (χ1v) is 8.80. The van der Waals surface area contributed by atoms with Gasteiger partial charge in [-0.25, -0.2) is 16.3 Å². The van der Waals surface area contributed by atoms with E-state index in [4.69, 9.17) is 5.73 Å². The lowest BCUT2D eigenvalue weighted by atomic mass is 10.2. The number of anilines is 1. The molecule has 5 N–H and O–H groups in total. The molecule has 0 aromatic heterocycles. The molecule has 0 aliphatic heterocycles. The number of carbonyl (C=O) groups is 2. The van der Waals surface area contributed by atoms with E-state index in [9.17, 15) is 9.59 Å². The predicted octanol–water partition coefficient (Wildman–Crippen LogP) is 2.00. The topological polar surface area (TPSA) is 112 Å². The van der Waals surface area contributed by atoms with E-state index in [0.717, 1.165) is 0 Å². The predicted molar refractivity (Wildman–Crippen MR) is 111 cm³/mol. The van der Waals surface area contributed by atoms with E-state index in [-0.39, 0.29) is 11.9 Å². The van der Waals surface area contributed by atoms with E-state index in [1.165, 1.54) is 5.12 Å². The van der Waals surface area contributed by atoms with Crippen molar-refractivity contribution in [1.29, 1.82) is 0 Å². The third kappa shape index (κ3) is 5.57. The van der Waals surface area contributed by atoms with Crippen LogP contribution in [-0.4, -0.2) is 17.8 Å². The van der Waals surface area contributed by atoms with Crippen LogP contribution in [0.3, 0.4) is 0 Å². The Hall–Kier alpha value is -4.33. The number of nitrogens with one attached hydrogen (secondary N) is 3. The molecular weight excluding hydrogens is 368 g/mol. The van der Waals surface area contributed by atoms with Gasteiger partial charge in [-0.1, -0.05) is 54.6 Å². The van der Waals surface area contributed by atoms with Gasteiger partial charge in [-0.3, -0.25) is 9.59 Å². The van der Waals surface area contributed by atoms with E-state index in [1.54, 1.807) is 60.7 Å². The number of nitrogens with zero attached hydrogens (tertiary/aromatic N) is 2. The standard InChI is InChI=1S/C21H20N6O2/c22-21(24-23-19(28)16-10-4-1-5-11-16)26-27(18-14-8-3-9-15-18)25-20(29)17-12-6-2-7-13-17/h1-15H,(H,23,28)(H,25,29)(H3,22,24,26). The van der Waals surface area contributed by atoms with E-state index in [2.05, 4.69) is 21.4 Å². The van der Waals surface area contributed by atoms with Crippen LogP contribution in [-0.2, 0) is 0 Å². The third-order valence-electron chi connectivity index (χ3n) is 3.80. The molecule has 3 aromatic carbocycles. The van der Waals surface area contributed by atoms with Gasteiger partial charge >= 0.3 is 0 Å². The molecule has 0 atom stereocenters. The number of rotatable bonds is 6. The van der Waals surface area contributed by atoms with Gasteiger partial charge in [-0.2, -0.15) is 5.12 Å². The minimum absolute atomic E-state index is 0.119. The fourth-order valence-electron chi connectivity index (χ4n) is 2.39. The number of amides is 2. The summed E-state index contributed by atoms with van der Waals surface area (Å²) in [7, 11) is 0. The van der Waals surface area contributed by atoms with Crippen molar-refractivity contribution in [2.75, 3.05) is 5.12 Å². The van der Waals surface area contributed by atoms with Crippen LogP contribution < -0.4 is 27.1 Å². The van der Waals surface area contributed by atoms with Crippen LogP contribution in [0.4, 0.5) is 5.69 Å². The fraction of sp³-hybridized carbons (Fsp3) is 0. The maximum Gasteiger partial charge on any atom is 0.271 e. The summed E-state index contributed by atoms with van der Waals surface area (Å²) < 4.78 is 0. The molecule has 0 unspecified atom stereocenters. The number of nitrogens with two attached hydrogens (primary N) is 1. The van der Waals surface area contributed by atoms with Gasteiger partial charge in [0.2, 0.25) is 5.96 Å². The quantitative estimate of drug-likeness (QED) is 0.293. The zero-order valence-corrected chi connectivity index (χ0v) is 15.4. The van der Waals surface area contributed by atoms with Gasteiger partial charge in [0.05, 0.1) is 5.69 Å². The van der Waals surface area contributed by atoms with Crippen LogP contribution in [0.1, 0.15) is 20.7 Å². The fourth-order valence-corrected chi connectivity index (χ4v) is 2.39. The zero-order valence-electron chi connectivity index (χ0n) is 15.4. The minimum Gasteiger partial charge on any atom is -0.367 e. The summed E-state index contributed by atoms with van der Waals surface area (Å²) in [4.78, 5) is 24.6. The Morgan fingerprint density at radius 3 is 1.72 bits per heavy atom. The number of hydrogen-bond acceptors (Lipinski definition) is 4. The lowest BCUT2D eigenvalue weighted by Gasteiger charge is -2.25. The van der Waals surface area contributed by atoms with Gasteiger partial charge < -0.3 is 5.73 Å². The summed E-state index contributed by atoms with van der Waals surface area (Å²) in [6.07, 6.45) is 0. The maximum absolute atomic E-state index is 12.5. The van der Waals surface area contributed by atoms with Crippen LogP contribution in [0, 0.1) is 0 Å². The number of benzene rings is 3. The Morgan fingerprint density at radius 1 is 0.690 bits per heavy atom. The normalized spacial score (nSPS) is 10.7. The molecule has 8 heteroatoms. The maximum atomic E-state index is 12.5. The second kappa shape index (κ2) is 9.56. The zero-order chi connectivity index (χ0) is 20.5. The summed E-state index contributed by atoms with van der Waals surface area (Å²) in [5, 5.41) is 5.16. The van der Waals surface area contributed by atoms with Gasteiger partial charge in [0, 0.05) is 11.1 Å². The number of hydrogen-bond donors (Lipinski definition) is 4. The average molecular weight is 388 g/mol. The molecule has 0 saturated heterocycles. The number of hydrazone groups is 1. The molecular formula is C21H20N6O2. The van der Waals surface area contributed by atoms with Crippen LogP contribution >= 0.6 is 0 Å². The van der Waals surface area contributed by atoms with E-state index < -0.39 is 5.91 Å². The smallest absolute Gasteiger partial charge is 0.271 e. The van der Waals surface area contributed by atoms with Gasteiger partial charge in [-0.15, -0.1) is 5.10 Å². The van der Waals surface area contributed by atoms with Crippen molar-refractivity contribution in [3.8, 4) is 0 Å². The van der Waals surface area contributed by atoms with Crippen molar-refractivity contribution in [2.24, 2.45) is 10.8 Å². The largest absolute Gasteiger partial charge is 0.367 e. The Bertz CT molecular complexity index is 978. The molecule has 146 valence electrons. The highest BCUT2D eigenvalue weighted by atomic mass is 16.2. The first-order valence-electron chi connectivity index (χ1n) is 8.80. The molecule has 0 fully saturated rings. The molecule has 0 bridgehead atoms. The van der Waals surface area contributed by atoms with E-state index in [0.29, 0.717) is 16.8 Å². The lowest BCUT2D eigenvalue weighted by Crippen LogP contribution is -2.56. The van der Waals surface area contributed by atoms with Gasteiger partial charge in [-0.05, 0) is 36.4 Å². The molecule has 0 aliphatic rings. The van der Waals surface area contributed by atoms with Crippen LogP contribution in [0.2, 0.25) is 0 Å². The van der Waals surface area contributed by atoms with E-state index in [1.807, 2.05) is 30.3 Å². The number of hydrazine groups is 2. The highest BCUT2D eigenvalue weighted by Crippen LogP contribution is 2.09. The number of para-hydroxylation sites is 1. The van der Waals surface area contributed by atoms with Crippen LogP contribution in [0.25, 0.3) is 0 Å². The molecule has 0 aliphatic carbocycles. The lowest BCUT2D eigenvalue weighted by molar-refractivity contribution is 0.0939. The molecule has 3 aromatic rings. The molecule has 3 rings (SSSR count). The molecule has 2 amide bonds. The summed E-state index contributed by atoms with van der Waals surface area (Å²) in [6.45, 7) is 0. The highest BCUT2D eigenvalue weighted by Gasteiger charge is 2.13. The first-order chi connectivity index (χ1) is 14.1. The van der Waals surface area contributed by atoms with Crippen molar-refractivity contribution in [1.82, 2.24) is 16.3 Å². The van der Waals surface area contributed by atoms with Crippen molar-refractivity contribution in [3.05, 3.63) is 102 Å². The second-order valence-electron chi connectivity index (χ2n) is 5.89. The SMILES string of the molecule is NC(=NNC(=O)c1ccccc1)NN(NC(=O)c1ccccc1)c1ccccc1. The van der Waals surface area contributed by atoms with Crippen molar-refractivity contribution in [2.45, 2.75) is 0 Å². The summed E-state index contributed by atoms with van der Waals surface area (Å²) in [6, 6.07) is 26.4. The van der Waals surface area contributed by atoms with Gasteiger partial charge in [0.25, 0.3) is 11.8 Å². The van der Waals surface area contributed by atoms with Crippen LogP contribution in [0.5, 0.6) is 0 Å². The molecule has 8 nitrogen and oxygen atoms in total. The molecule has 0 heterocycles. The first kappa shape index (κ1) is 19.4. The van der Waals surface area contributed by atoms with Crippen LogP contribution in [0.15, 0.2) is 96.1 Å². The van der Waals surface area contributed by atoms with Crippen molar-refractivity contribution >= 4 is 23.5 Å². The van der Waals surface area contributed by atoms with E-state index >= 15 is 0 Å². The molecule has 0 radical (unpaired) electrons. The molecule has 29 heavy (non-hydrogen) atoms. The number of carbonyl (C=O) groups excluding carboxylic acids is 2. The Kier molecular flexibility index (Phi) is 6.41. The van der Waals surface area contributed by atoms with Gasteiger partial charge in [0.1, 0.15) is 0 Å². The molecule has 0 saturated carbocycles. The molecule has 0 spiro atoms. The minimum atomic E-state index is -0.407. The third-order valence-corrected chi connectivity index (χ3v) is 3.80. The summed E-state index contributed by atoms with van der Waals surface area (Å²) in [5.41, 5.74) is 15.2. The Balaban J connectivity index is 1.71.